The molecule has 0 spiro atoms. The van der Waals surface area contributed by atoms with Gasteiger partial charge in [-0.25, -0.2) is 0 Å². The Labute approximate surface area is 143 Å². The monoisotopic (exact) mass is 433 g/mol. The van der Waals surface area contributed by atoms with Crippen LogP contribution in [0.4, 0.5) is 0 Å². The first kappa shape index (κ1) is 21.1. The van der Waals surface area contributed by atoms with Crippen molar-refractivity contribution in [1.29, 1.82) is 0 Å². The zero-order valence-electron chi connectivity index (χ0n) is 12.4. The zero-order valence-corrected chi connectivity index (χ0v) is 15.4. The van der Waals surface area contributed by atoms with Gasteiger partial charge in [0.15, 0.2) is 6.29 Å². The largest absolute Gasteiger partial charge is 0.394 e. The van der Waals surface area contributed by atoms with Crippen LogP contribution < -0.4 is 5.32 Å². The van der Waals surface area contributed by atoms with E-state index in [2.05, 4.69) is 5.32 Å². The van der Waals surface area contributed by atoms with Crippen LogP contribution in [0.1, 0.15) is 33.1 Å². The summed E-state index contributed by atoms with van der Waals surface area (Å²) in [6, 6.07) is -0.476. The van der Waals surface area contributed by atoms with Crippen LogP contribution in [0, 0.1) is 0 Å². The first-order valence-corrected chi connectivity index (χ1v) is 9.14. The lowest BCUT2D eigenvalue weighted by Crippen LogP contribution is -2.36. The lowest BCUT2D eigenvalue weighted by atomic mass is 10.2. The molecule has 0 aromatic heterocycles. The van der Waals surface area contributed by atoms with E-state index in [1.807, 2.05) is 6.92 Å². The molecule has 0 fully saturated rings. The molecule has 3 atom stereocenters. The third-order valence-corrected chi connectivity index (χ3v) is 4.56. The fraction of sp³-hybridized carbons (Fsp3) is 0.846. The normalized spacial score (nSPS) is 15.3. The average molecular weight is 433 g/mol. The molecule has 124 valence electrons. The van der Waals surface area contributed by atoms with Crippen molar-refractivity contribution in [3.63, 3.8) is 0 Å². The average Bonchev–Trinajstić information content (AvgIpc) is 2.42. The summed E-state index contributed by atoms with van der Waals surface area (Å²) in [5.41, 5.74) is 0. The SMILES string of the molecule is CCCC(CO)OC(O)CSCCC(=O)N[C@@H](C)C(=O)I. The Bertz CT molecular complexity index is 319. The summed E-state index contributed by atoms with van der Waals surface area (Å²) in [5.74, 6) is 0.690. The van der Waals surface area contributed by atoms with Crippen molar-refractivity contribution in [1.82, 2.24) is 5.32 Å². The number of thioether (sulfide) groups is 1. The van der Waals surface area contributed by atoms with Crippen molar-refractivity contribution >= 4 is 44.0 Å². The number of hydrogen-bond donors (Lipinski definition) is 3. The molecule has 21 heavy (non-hydrogen) atoms. The van der Waals surface area contributed by atoms with E-state index >= 15 is 0 Å². The second-order valence-electron chi connectivity index (χ2n) is 4.60. The molecule has 0 aromatic carbocycles. The van der Waals surface area contributed by atoms with Crippen molar-refractivity contribution in [2.45, 2.75) is 51.5 Å². The van der Waals surface area contributed by atoms with Crippen LogP contribution in [0.5, 0.6) is 0 Å². The van der Waals surface area contributed by atoms with Gasteiger partial charge in [-0.15, -0.1) is 0 Å². The molecule has 1 amide bonds. The Morgan fingerprint density at radius 3 is 2.62 bits per heavy atom. The van der Waals surface area contributed by atoms with Crippen LogP contribution in [0.25, 0.3) is 0 Å². The van der Waals surface area contributed by atoms with Gasteiger partial charge < -0.3 is 20.3 Å². The van der Waals surface area contributed by atoms with Crippen LogP contribution >= 0.6 is 34.4 Å². The number of rotatable bonds is 12. The lowest BCUT2D eigenvalue weighted by Gasteiger charge is -2.19. The first-order valence-electron chi connectivity index (χ1n) is 6.91. The van der Waals surface area contributed by atoms with Crippen molar-refractivity contribution < 1.29 is 24.5 Å². The maximum Gasteiger partial charge on any atom is 0.221 e. The van der Waals surface area contributed by atoms with Crippen LogP contribution in [-0.4, -0.2) is 56.5 Å². The molecule has 3 N–H and O–H groups in total. The van der Waals surface area contributed by atoms with Gasteiger partial charge in [-0.05, 0) is 13.3 Å². The van der Waals surface area contributed by atoms with Gasteiger partial charge in [0.1, 0.15) is 0 Å². The molecule has 8 heteroatoms. The lowest BCUT2D eigenvalue weighted by molar-refractivity contribution is -0.134. The number of carbonyl (C=O) groups excluding carboxylic acids is 2. The van der Waals surface area contributed by atoms with Crippen molar-refractivity contribution in [2.24, 2.45) is 0 Å². The van der Waals surface area contributed by atoms with Crippen LogP contribution in [0.2, 0.25) is 0 Å². The summed E-state index contributed by atoms with van der Waals surface area (Å²) in [6.45, 7) is 3.51. The number of aliphatic hydroxyl groups is 2. The number of hydrogen-bond acceptors (Lipinski definition) is 6. The van der Waals surface area contributed by atoms with Gasteiger partial charge in [0.2, 0.25) is 9.70 Å². The Morgan fingerprint density at radius 2 is 2.10 bits per heavy atom. The number of carbonyl (C=O) groups is 2. The van der Waals surface area contributed by atoms with E-state index < -0.39 is 12.3 Å². The maximum atomic E-state index is 11.5. The summed E-state index contributed by atoms with van der Waals surface area (Å²) >= 11 is 3.04. The van der Waals surface area contributed by atoms with Gasteiger partial charge in [0.05, 0.1) is 18.8 Å². The Balaban J connectivity index is 3.74. The molecule has 0 bridgehead atoms. The number of amides is 1. The summed E-state index contributed by atoms with van der Waals surface area (Å²) in [4.78, 5) is 22.5. The van der Waals surface area contributed by atoms with Crippen molar-refractivity contribution in [2.75, 3.05) is 18.1 Å². The smallest absolute Gasteiger partial charge is 0.221 e. The molecule has 0 radical (unpaired) electrons. The summed E-state index contributed by atoms with van der Waals surface area (Å²) in [5, 5.41) is 21.3. The minimum Gasteiger partial charge on any atom is -0.394 e. The molecular formula is C13H24INO5S. The summed E-state index contributed by atoms with van der Waals surface area (Å²) < 4.78 is 5.17. The Hall–Kier alpha value is 0.1000. The van der Waals surface area contributed by atoms with Gasteiger partial charge in [-0.3, -0.25) is 9.59 Å². The molecule has 0 saturated heterocycles. The number of nitrogens with one attached hydrogen (secondary N) is 1. The molecule has 0 heterocycles. The standard InChI is InChI=1S/C13H24INO5S/c1-3-4-10(7-16)20-12(18)8-21-6-5-11(17)15-9(2)13(14)19/h9-10,12,16,18H,3-8H2,1-2H3,(H,15,17)/t9-,10?,12?/m0/s1. The number of aliphatic hydroxyl groups excluding tert-OH is 2. The second-order valence-corrected chi connectivity index (χ2v) is 6.82. The van der Waals surface area contributed by atoms with Crippen LogP contribution in [0.3, 0.4) is 0 Å². The van der Waals surface area contributed by atoms with Gasteiger partial charge in [-0.2, -0.15) is 11.8 Å². The molecule has 2 unspecified atom stereocenters. The predicted molar refractivity (Wildman–Crippen MR) is 91.4 cm³/mol. The number of halogens is 1. The highest BCUT2D eigenvalue weighted by atomic mass is 127. The van der Waals surface area contributed by atoms with Gasteiger partial charge in [0.25, 0.3) is 0 Å². The molecule has 6 nitrogen and oxygen atoms in total. The van der Waals surface area contributed by atoms with E-state index in [4.69, 9.17) is 9.84 Å². The fourth-order valence-corrected chi connectivity index (χ4v) is 2.44. The molecule has 0 rings (SSSR count). The minimum atomic E-state index is -0.948. The van der Waals surface area contributed by atoms with E-state index in [-0.39, 0.29) is 28.8 Å². The highest BCUT2D eigenvalue weighted by Crippen LogP contribution is 2.10. The Kier molecular flexibility index (Phi) is 12.7. The Morgan fingerprint density at radius 1 is 1.43 bits per heavy atom. The van der Waals surface area contributed by atoms with Gasteiger partial charge >= 0.3 is 0 Å². The van der Waals surface area contributed by atoms with Crippen LogP contribution in [0.15, 0.2) is 0 Å². The third-order valence-electron chi connectivity index (χ3n) is 2.62. The second kappa shape index (κ2) is 12.6. The highest BCUT2D eigenvalue weighted by Gasteiger charge is 2.14. The highest BCUT2D eigenvalue weighted by molar-refractivity contribution is 14.1. The minimum absolute atomic E-state index is 0.108. The zero-order chi connectivity index (χ0) is 16.3. The fourth-order valence-electron chi connectivity index (χ4n) is 1.51. The van der Waals surface area contributed by atoms with Crippen molar-refractivity contribution in [3.8, 4) is 0 Å². The quantitative estimate of drug-likeness (QED) is 0.185. The third kappa shape index (κ3) is 11.3. The van der Waals surface area contributed by atoms with E-state index in [0.717, 1.165) is 6.42 Å². The molecule has 0 aromatic rings. The first-order chi connectivity index (χ1) is 9.90. The number of ether oxygens (including phenoxy) is 1. The molecule has 0 aliphatic carbocycles. The molecule has 0 saturated carbocycles. The maximum absolute atomic E-state index is 11.5. The van der Waals surface area contributed by atoms with E-state index in [1.165, 1.54) is 11.8 Å². The molecular weight excluding hydrogens is 409 g/mol. The van der Waals surface area contributed by atoms with E-state index in [1.54, 1.807) is 29.5 Å². The molecule has 0 aliphatic rings. The van der Waals surface area contributed by atoms with Crippen molar-refractivity contribution in [3.05, 3.63) is 0 Å². The summed E-state index contributed by atoms with van der Waals surface area (Å²) in [6.07, 6.45) is 0.562. The van der Waals surface area contributed by atoms with Gasteiger partial charge in [-0.1, -0.05) is 13.3 Å². The van der Waals surface area contributed by atoms with E-state index in [9.17, 15) is 14.7 Å². The van der Waals surface area contributed by atoms with Gasteiger partial charge in [0, 0.05) is 40.5 Å². The van der Waals surface area contributed by atoms with E-state index in [0.29, 0.717) is 17.9 Å². The topological polar surface area (TPSA) is 95.9 Å². The van der Waals surface area contributed by atoms with Crippen LogP contribution in [-0.2, 0) is 14.3 Å². The summed E-state index contributed by atoms with van der Waals surface area (Å²) in [7, 11) is 0. The molecule has 0 aliphatic heterocycles. The predicted octanol–water partition coefficient (Wildman–Crippen LogP) is 1.07.